The number of nitro groups is 2. The summed E-state index contributed by atoms with van der Waals surface area (Å²) >= 11 is 0. The molecule has 0 fully saturated rings. The van der Waals surface area contributed by atoms with E-state index in [9.17, 15) is 25.0 Å². The highest BCUT2D eigenvalue weighted by Gasteiger charge is 2.11. The molecule has 10 nitrogen and oxygen atoms in total. The lowest BCUT2D eigenvalue weighted by Crippen LogP contribution is -2.26. The number of anilines is 1. The molecule has 28 heavy (non-hydrogen) atoms. The van der Waals surface area contributed by atoms with Crippen LogP contribution >= 0.6 is 0 Å². The first kappa shape index (κ1) is 20.5. The Morgan fingerprint density at radius 2 is 1.79 bits per heavy atom. The Bertz CT molecular complexity index is 865. The minimum absolute atomic E-state index is 0.0311. The molecule has 0 saturated carbocycles. The van der Waals surface area contributed by atoms with E-state index in [2.05, 4.69) is 10.3 Å². The fraction of sp³-hybridized carbons (Fsp3) is 0.222. The number of ether oxygens (including phenoxy) is 1. The maximum atomic E-state index is 11.8. The molecule has 1 heterocycles. The van der Waals surface area contributed by atoms with Gasteiger partial charge >= 0.3 is 5.97 Å². The van der Waals surface area contributed by atoms with Crippen LogP contribution in [-0.4, -0.2) is 33.4 Å². The molecule has 1 unspecified atom stereocenters. The van der Waals surface area contributed by atoms with Crippen molar-refractivity contribution in [2.45, 2.75) is 19.4 Å². The van der Waals surface area contributed by atoms with Crippen LogP contribution in [0.3, 0.4) is 0 Å². The third-order valence-corrected chi connectivity index (χ3v) is 3.75. The topological polar surface area (TPSA) is 138 Å². The molecule has 146 valence electrons. The number of non-ortho nitro benzene ring substituents is 1. The molecule has 10 heteroatoms. The van der Waals surface area contributed by atoms with Crippen molar-refractivity contribution in [3.05, 3.63) is 74.5 Å². The van der Waals surface area contributed by atoms with Crippen LogP contribution in [0.2, 0.25) is 0 Å². The average molecular weight is 386 g/mol. The Kier molecular flexibility index (Phi) is 7.14. The molecular formula is C18H18N4O6. The van der Waals surface area contributed by atoms with Gasteiger partial charge in [-0.1, -0.05) is 6.92 Å². The lowest BCUT2D eigenvalue weighted by molar-refractivity contribution is -0.385. The van der Waals surface area contributed by atoms with Gasteiger partial charge in [-0.2, -0.15) is 0 Å². The quantitative estimate of drug-likeness (QED) is 0.300. The zero-order valence-electron chi connectivity index (χ0n) is 15.0. The lowest BCUT2D eigenvalue weighted by Gasteiger charge is -2.16. The Labute approximate surface area is 160 Å². The summed E-state index contributed by atoms with van der Waals surface area (Å²) in [6.45, 7) is 1.97. The molecular weight excluding hydrogens is 368 g/mol. The highest BCUT2D eigenvalue weighted by atomic mass is 16.6. The molecule has 1 N–H and O–H groups in total. The summed E-state index contributed by atoms with van der Waals surface area (Å²) in [5.74, 6) is -0.120. The molecule has 1 aromatic carbocycles. The molecule has 0 bridgehead atoms. The van der Waals surface area contributed by atoms with Gasteiger partial charge < -0.3 is 10.1 Å². The fourth-order valence-corrected chi connectivity index (χ4v) is 2.15. The molecule has 0 aliphatic heterocycles. The summed E-state index contributed by atoms with van der Waals surface area (Å²) < 4.78 is 5.18. The third kappa shape index (κ3) is 6.16. The van der Waals surface area contributed by atoms with Crippen LogP contribution in [0.25, 0.3) is 6.08 Å². The fourth-order valence-electron chi connectivity index (χ4n) is 2.15. The van der Waals surface area contributed by atoms with E-state index in [1.165, 1.54) is 48.6 Å². The smallest absolute Gasteiger partial charge is 0.330 e. The van der Waals surface area contributed by atoms with Gasteiger partial charge in [-0.15, -0.1) is 0 Å². The van der Waals surface area contributed by atoms with E-state index in [1.54, 1.807) is 0 Å². The van der Waals surface area contributed by atoms with E-state index in [4.69, 9.17) is 4.74 Å². The summed E-state index contributed by atoms with van der Waals surface area (Å²) in [4.78, 5) is 36.0. The second-order valence-electron chi connectivity index (χ2n) is 5.72. The predicted molar refractivity (Wildman–Crippen MR) is 102 cm³/mol. The van der Waals surface area contributed by atoms with Crippen molar-refractivity contribution in [1.29, 1.82) is 0 Å². The number of carbonyl (C=O) groups excluding carboxylic acids is 1. The highest BCUT2D eigenvalue weighted by Crippen LogP contribution is 2.14. The molecule has 0 radical (unpaired) electrons. The summed E-state index contributed by atoms with van der Waals surface area (Å²) in [5.41, 5.74) is 0.487. The molecule has 0 saturated heterocycles. The number of hydrogen-bond donors (Lipinski definition) is 1. The number of rotatable bonds is 9. The minimum Gasteiger partial charge on any atom is -0.460 e. The number of nitro benzene ring substituents is 1. The number of nitrogens with one attached hydrogen (secondary N) is 1. The Hall–Kier alpha value is -3.82. The molecule has 2 rings (SSSR count). The SMILES string of the molecule is CCC(COC(=O)/C=C/c1ccc([N+](=O)[O-])cc1)Nc1ccc([N+](=O)[O-])cn1. The molecule has 0 aliphatic carbocycles. The number of esters is 1. The van der Waals surface area contributed by atoms with Gasteiger partial charge in [0.05, 0.1) is 15.9 Å². The number of carbonyl (C=O) groups is 1. The van der Waals surface area contributed by atoms with E-state index < -0.39 is 15.8 Å². The molecule has 0 amide bonds. The summed E-state index contributed by atoms with van der Waals surface area (Å²) in [6, 6.07) is 8.35. The lowest BCUT2D eigenvalue weighted by atomic mass is 10.2. The molecule has 1 atom stereocenters. The normalized spacial score (nSPS) is 11.8. The van der Waals surface area contributed by atoms with Crippen LogP contribution in [0.4, 0.5) is 17.2 Å². The van der Waals surface area contributed by atoms with E-state index in [-0.39, 0.29) is 24.0 Å². The largest absolute Gasteiger partial charge is 0.460 e. The number of pyridine rings is 1. The van der Waals surface area contributed by atoms with Crippen LogP contribution in [0.1, 0.15) is 18.9 Å². The summed E-state index contributed by atoms with van der Waals surface area (Å²) in [5, 5.41) is 24.3. The van der Waals surface area contributed by atoms with E-state index in [0.717, 1.165) is 6.20 Å². The van der Waals surface area contributed by atoms with Gasteiger partial charge in [0.2, 0.25) is 0 Å². The zero-order chi connectivity index (χ0) is 20.5. The van der Waals surface area contributed by atoms with Gasteiger partial charge in [0.15, 0.2) is 0 Å². The van der Waals surface area contributed by atoms with Crippen LogP contribution in [0, 0.1) is 20.2 Å². The number of nitrogens with zero attached hydrogens (tertiary/aromatic N) is 3. The maximum Gasteiger partial charge on any atom is 0.330 e. The minimum atomic E-state index is -0.560. The van der Waals surface area contributed by atoms with Gasteiger partial charge in [-0.3, -0.25) is 20.2 Å². The number of benzene rings is 1. The van der Waals surface area contributed by atoms with E-state index >= 15 is 0 Å². The Morgan fingerprint density at radius 1 is 1.14 bits per heavy atom. The van der Waals surface area contributed by atoms with Crippen LogP contribution in [0.15, 0.2) is 48.7 Å². The highest BCUT2D eigenvalue weighted by molar-refractivity contribution is 5.87. The van der Waals surface area contributed by atoms with Gasteiger partial charge in [0, 0.05) is 24.3 Å². The first-order valence-corrected chi connectivity index (χ1v) is 8.35. The van der Waals surface area contributed by atoms with Crippen molar-refractivity contribution >= 4 is 29.2 Å². The van der Waals surface area contributed by atoms with Gasteiger partial charge in [-0.25, -0.2) is 9.78 Å². The van der Waals surface area contributed by atoms with Gasteiger partial charge in [0.25, 0.3) is 11.4 Å². The summed E-state index contributed by atoms with van der Waals surface area (Å²) in [7, 11) is 0. The Morgan fingerprint density at radius 3 is 2.32 bits per heavy atom. The van der Waals surface area contributed by atoms with E-state index in [0.29, 0.717) is 17.8 Å². The second-order valence-corrected chi connectivity index (χ2v) is 5.72. The third-order valence-electron chi connectivity index (χ3n) is 3.75. The molecule has 0 aliphatic rings. The maximum absolute atomic E-state index is 11.8. The van der Waals surface area contributed by atoms with Crippen molar-refractivity contribution in [2.75, 3.05) is 11.9 Å². The standard InChI is InChI=1S/C18H18N4O6/c1-2-14(20-17-9-8-16(11-19-17)22(26)27)12-28-18(23)10-5-13-3-6-15(7-4-13)21(24)25/h3-11,14H,2,12H2,1H3,(H,19,20)/b10-5+. The molecule has 1 aromatic heterocycles. The van der Waals surface area contributed by atoms with Crippen molar-refractivity contribution in [2.24, 2.45) is 0 Å². The predicted octanol–water partition coefficient (Wildman–Crippen LogP) is 3.35. The first-order chi connectivity index (χ1) is 13.4. The number of hydrogen-bond acceptors (Lipinski definition) is 8. The molecule has 0 spiro atoms. The molecule has 2 aromatic rings. The van der Waals surface area contributed by atoms with Gasteiger partial charge in [0.1, 0.15) is 18.6 Å². The zero-order valence-corrected chi connectivity index (χ0v) is 15.0. The Balaban J connectivity index is 1.85. The van der Waals surface area contributed by atoms with Crippen molar-refractivity contribution in [1.82, 2.24) is 4.98 Å². The second kappa shape index (κ2) is 9.76. The van der Waals surface area contributed by atoms with Crippen LogP contribution in [0.5, 0.6) is 0 Å². The van der Waals surface area contributed by atoms with Gasteiger partial charge in [-0.05, 0) is 36.3 Å². The average Bonchev–Trinajstić information content (AvgIpc) is 2.70. The van der Waals surface area contributed by atoms with Crippen molar-refractivity contribution < 1.29 is 19.4 Å². The number of aromatic nitrogens is 1. The van der Waals surface area contributed by atoms with Crippen LogP contribution < -0.4 is 5.32 Å². The first-order valence-electron chi connectivity index (χ1n) is 8.35. The van der Waals surface area contributed by atoms with Crippen molar-refractivity contribution in [3.8, 4) is 0 Å². The van der Waals surface area contributed by atoms with E-state index in [1.807, 2.05) is 6.92 Å². The summed E-state index contributed by atoms with van der Waals surface area (Å²) in [6.07, 6.45) is 4.52. The van der Waals surface area contributed by atoms with Crippen LogP contribution in [-0.2, 0) is 9.53 Å². The van der Waals surface area contributed by atoms with Crippen molar-refractivity contribution in [3.63, 3.8) is 0 Å². The monoisotopic (exact) mass is 386 g/mol.